The second-order valence-electron chi connectivity index (χ2n) is 2.22. The summed E-state index contributed by atoms with van der Waals surface area (Å²) in [7, 11) is -1.71. The minimum absolute atomic E-state index is 0.633. The maximum Gasteiger partial charge on any atom is 0.279 e. The van der Waals surface area contributed by atoms with E-state index in [9.17, 15) is 8.42 Å². The lowest BCUT2D eigenvalue weighted by Gasteiger charge is -2.24. The smallest absolute Gasteiger partial charge is 0.205 e. The van der Waals surface area contributed by atoms with Crippen LogP contribution in [-0.4, -0.2) is 44.4 Å². The van der Waals surface area contributed by atoms with E-state index < -0.39 is 10.2 Å². The highest BCUT2D eigenvalue weighted by Crippen LogP contribution is 2.11. The topological polar surface area (TPSA) is 49.4 Å². The van der Waals surface area contributed by atoms with E-state index in [-0.39, 0.29) is 0 Å². The van der Waals surface area contributed by atoms with Crippen molar-refractivity contribution in [3.05, 3.63) is 0 Å². The van der Waals surface area contributed by atoms with E-state index in [4.69, 9.17) is 0 Å². The van der Waals surface area contributed by atoms with Crippen molar-refractivity contribution < 1.29 is 8.42 Å². The Morgan fingerprint density at radius 2 is 1.91 bits per heavy atom. The van der Waals surface area contributed by atoms with Crippen LogP contribution in [0.1, 0.15) is 0 Å². The van der Waals surface area contributed by atoms with Crippen LogP contribution < -0.4 is 4.72 Å². The van der Waals surface area contributed by atoms with Crippen LogP contribution in [0, 0.1) is 0 Å². The molecule has 1 heterocycles. The van der Waals surface area contributed by atoms with Crippen molar-refractivity contribution in [2.75, 3.05) is 31.6 Å². The Labute approximate surface area is 71.5 Å². The molecule has 0 saturated carbocycles. The van der Waals surface area contributed by atoms with Crippen molar-refractivity contribution in [2.24, 2.45) is 0 Å². The molecular formula is C5H12N2O2S2. The number of rotatable bonds is 2. The Balaban J connectivity index is 2.58. The fourth-order valence-corrected chi connectivity index (χ4v) is 2.97. The largest absolute Gasteiger partial charge is 0.279 e. The summed E-state index contributed by atoms with van der Waals surface area (Å²) in [5.74, 6) is 1.81. The minimum Gasteiger partial charge on any atom is -0.205 e. The predicted octanol–water partition coefficient (Wildman–Crippen LogP) is -0.501. The van der Waals surface area contributed by atoms with Gasteiger partial charge in [-0.1, -0.05) is 0 Å². The van der Waals surface area contributed by atoms with E-state index in [0.717, 1.165) is 11.5 Å². The lowest BCUT2D eigenvalue weighted by molar-refractivity contribution is 0.437. The molecule has 11 heavy (non-hydrogen) atoms. The third kappa shape index (κ3) is 2.33. The summed E-state index contributed by atoms with van der Waals surface area (Å²) in [6.45, 7) is 1.27. The highest BCUT2D eigenvalue weighted by Gasteiger charge is 2.21. The molecule has 0 aromatic rings. The van der Waals surface area contributed by atoms with Crippen LogP contribution in [0.15, 0.2) is 0 Å². The van der Waals surface area contributed by atoms with Gasteiger partial charge in [0.25, 0.3) is 10.2 Å². The van der Waals surface area contributed by atoms with Gasteiger partial charge >= 0.3 is 0 Å². The van der Waals surface area contributed by atoms with E-state index >= 15 is 0 Å². The van der Waals surface area contributed by atoms with Gasteiger partial charge in [0.15, 0.2) is 0 Å². The van der Waals surface area contributed by atoms with Crippen molar-refractivity contribution in [1.82, 2.24) is 9.03 Å². The van der Waals surface area contributed by atoms with Gasteiger partial charge in [-0.25, -0.2) is 4.72 Å². The van der Waals surface area contributed by atoms with Crippen LogP contribution in [0.25, 0.3) is 0 Å². The Morgan fingerprint density at radius 1 is 1.36 bits per heavy atom. The molecule has 1 saturated heterocycles. The van der Waals surface area contributed by atoms with Gasteiger partial charge in [-0.2, -0.15) is 24.5 Å². The van der Waals surface area contributed by atoms with Gasteiger partial charge in [-0.05, 0) is 0 Å². The SMILES string of the molecule is CNS(=O)(=O)N1CCSCC1. The van der Waals surface area contributed by atoms with Gasteiger partial charge in [-0.3, -0.25) is 0 Å². The monoisotopic (exact) mass is 196 g/mol. The Morgan fingerprint density at radius 3 is 2.36 bits per heavy atom. The van der Waals surface area contributed by atoms with Gasteiger partial charge in [0.05, 0.1) is 0 Å². The molecule has 0 spiro atoms. The zero-order chi connectivity index (χ0) is 8.32. The highest BCUT2D eigenvalue weighted by atomic mass is 32.2. The van der Waals surface area contributed by atoms with Crippen LogP contribution >= 0.6 is 11.8 Å². The van der Waals surface area contributed by atoms with Crippen LogP contribution in [0.3, 0.4) is 0 Å². The molecule has 0 amide bonds. The van der Waals surface area contributed by atoms with Gasteiger partial charge < -0.3 is 0 Å². The fraction of sp³-hybridized carbons (Fsp3) is 1.00. The lowest BCUT2D eigenvalue weighted by atomic mass is 10.6. The number of hydrogen-bond acceptors (Lipinski definition) is 3. The highest BCUT2D eigenvalue weighted by molar-refractivity contribution is 7.99. The first kappa shape index (κ1) is 9.31. The summed E-state index contributed by atoms with van der Waals surface area (Å²) in [6, 6.07) is 0. The van der Waals surface area contributed by atoms with Gasteiger partial charge in [0.1, 0.15) is 0 Å². The van der Waals surface area contributed by atoms with Crippen molar-refractivity contribution in [1.29, 1.82) is 0 Å². The number of thioether (sulfide) groups is 1. The molecule has 6 heteroatoms. The van der Waals surface area contributed by atoms with Crippen molar-refractivity contribution >= 4 is 22.0 Å². The zero-order valence-electron chi connectivity index (χ0n) is 6.41. The number of nitrogens with zero attached hydrogens (tertiary/aromatic N) is 1. The van der Waals surface area contributed by atoms with Crippen LogP contribution in [0.5, 0.6) is 0 Å². The summed E-state index contributed by atoms with van der Waals surface area (Å²) >= 11 is 1.79. The Kier molecular flexibility index (Phi) is 3.17. The van der Waals surface area contributed by atoms with Crippen LogP contribution in [0.2, 0.25) is 0 Å². The average Bonchev–Trinajstić information content (AvgIpc) is 2.06. The molecular weight excluding hydrogens is 184 g/mol. The molecule has 0 bridgehead atoms. The van der Waals surface area contributed by atoms with Crippen molar-refractivity contribution in [3.63, 3.8) is 0 Å². The van der Waals surface area contributed by atoms with E-state index in [0.29, 0.717) is 13.1 Å². The third-order valence-electron chi connectivity index (χ3n) is 1.57. The molecule has 1 aliphatic rings. The summed E-state index contributed by atoms with van der Waals surface area (Å²) in [6.07, 6.45) is 0. The van der Waals surface area contributed by atoms with Gasteiger partial charge in [-0.15, -0.1) is 0 Å². The maximum atomic E-state index is 11.2. The van der Waals surface area contributed by atoms with E-state index in [1.54, 1.807) is 11.8 Å². The third-order valence-corrected chi connectivity index (χ3v) is 4.07. The molecule has 0 radical (unpaired) electrons. The average molecular weight is 196 g/mol. The fourth-order valence-electron chi connectivity index (χ4n) is 0.916. The molecule has 0 unspecified atom stereocenters. The second-order valence-corrected chi connectivity index (χ2v) is 5.32. The van der Waals surface area contributed by atoms with E-state index in [1.807, 2.05) is 0 Å². The first-order valence-corrected chi connectivity index (χ1v) is 6.02. The summed E-state index contributed by atoms with van der Waals surface area (Å²) < 4.78 is 26.1. The first-order chi connectivity index (χ1) is 5.17. The van der Waals surface area contributed by atoms with E-state index in [2.05, 4.69) is 4.72 Å². The van der Waals surface area contributed by atoms with Crippen LogP contribution in [0.4, 0.5) is 0 Å². The standard InChI is InChI=1S/C5H12N2O2S2/c1-6-11(8,9)7-2-4-10-5-3-7/h6H,2-5H2,1H3. The van der Waals surface area contributed by atoms with E-state index in [1.165, 1.54) is 11.4 Å². The minimum atomic E-state index is -3.15. The molecule has 66 valence electrons. The predicted molar refractivity (Wildman–Crippen MR) is 46.9 cm³/mol. The van der Waals surface area contributed by atoms with Gasteiger partial charge in [0.2, 0.25) is 0 Å². The van der Waals surface area contributed by atoms with Crippen molar-refractivity contribution in [3.8, 4) is 0 Å². The number of nitrogens with one attached hydrogen (secondary N) is 1. The summed E-state index contributed by atoms with van der Waals surface area (Å²) in [4.78, 5) is 0. The first-order valence-electron chi connectivity index (χ1n) is 3.43. The molecule has 0 aliphatic carbocycles. The van der Waals surface area contributed by atoms with Crippen molar-refractivity contribution in [2.45, 2.75) is 0 Å². The molecule has 0 aromatic carbocycles. The molecule has 1 N–H and O–H groups in total. The molecule has 0 atom stereocenters. The van der Waals surface area contributed by atoms with Crippen LogP contribution in [-0.2, 0) is 10.2 Å². The second kappa shape index (κ2) is 3.75. The van der Waals surface area contributed by atoms with Gasteiger partial charge in [0, 0.05) is 31.6 Å². The molecule has 1 rings (SSSR count). The molecule has 4 nitrogen and oxygen atoms in total. The normalized spacial score (nSPS) is 21.9. The molecule has 1 aliphatic heterocycles. The zero-order valence-corrected chi connectivity index (χ0v) is 8.04. The Bertz CT molecular complexity index is 209. The summed E-state index contributed by atoms with van der Waals surface area (Å²) in [5, 5.41) is 0. The Hall–Kier alpha value is 0.220. The lowest BCUT2D eigenvalue weighted by Crippen LogP contribution is -2.43. The molecule has 1 fully saturated rings. The summed E-state index contributed by atoms with van der Waals surface area (Å²) in [5.41, 5.74) is 0. The molecule has 0 aromatic heterocycles. The maximum absolute atomic E-state index is 11.2. The quantitative estimate of drug-likeness (QED) is 0.648. The number of hydrogen-bond donors (Lipinski definition) is 1.